The van der Waals surface area contributed by atoms with Crippen molar-refractivity contribution < 1.29 is 0 Å². The molecule has 92 valence electrons. The molecule has 0 unspecified atom stereocenters. The van der Waals surface area contributed by atoms with Crippen molar-refractivity contribution in [1.82, 2.24) is 9.13 Å². The molecular formula is C13H26N2Si. The molecule has 0 aromatic carbocycles. The zero-order valence-corrected chi connectivity index (χ0v) is 11.9. The van der Waals surface area contributed by atoms with Crippen molar-refractivity contribution in [2.75, 3.05) is 6.67 Å². The van der Waals surface area contributed by atoms with Gasteiger partial charge in [-0.2, -0.15) is 0 Å². The molecule has 3 heteroatoms. The highest BCUT2D eigenvalue weighted by Crippen LogP contribution is 2.29. The Bertz CT molecular complexity index is 194. The largest absolute Gasteiger partial charge is 0.302 e. The molecule has 3 rings (SSSR count). The Labute approximate surface area is 102 Å². The van der Waals surface area contributed by atoms with Gasteiger partial charge in [-0.15, -0.1) is 0 Å². The lowest BCUT2D eigenvalue weighted by molar-refractivity contribution is 0.0851. The van der Waals surface area contributed by atoms with Crippen molar-refractivity contribution in [2.45, 2.75) is 76.3 Å². The van der Waals surface area contributed by atoms with Gasteiger partial charge in [0.2, 0.25) is 0 Å². The van der Waals surface area contributed by atoms with Crippen LogP contribution >= 0.6 is 0 Å². The molecule has 0 amide bonds. The van der Waals surface area contributed by atoms with Crippen LogP contribution in [0.3, 0.4) is 0 Å². The van der Waals surface area contributed by atoms with Crippen molar-refractivity contribution in [3.8, 4) is 0 Å². The quantitative estimate of drug-likeness (QED) is 0.681. The van der Waals surface area contributed by atoms with Gasteiger partial charge in [0.05, 0.1) is 0 Å². The summed E-state index contributed by atoms with van der Waals surface area (Å²) in [5.74, 6) is 0. The van der Waals surface area contributed by atoms with Crippen LogP contribution < -0.4 is 0 Å². The number of hydrogen-bond donors (Lipinski definition) is 0. The molecule has 0 bridgehead atoms. The molecule has 1 heterocycles. The molecular weight excluding hydrogens is 212 g/mol. The van der Waals surface area contributed by atoms with Gasteiger partial charge in [-0.05, 0) is 25.7 Å². The van der Waals surface area contributed by atoms with Crippen LogP contribution in [0.15, 0.2) is 0 Å². The van der Waals surface area contributed by atoms with Gasteiger partial charge in [0.25, 0.3) is 0 Å². The Balaban J connectivity index is 1.43. The third-order valence-electron chi connectivity index (χ3n) is 4.91. The first-order valence-electron chi connectivity index (χ1n) is 7.41. The molecule has 2 saturated carbocycles. The fourth-order valence-electron chi connectivity index (χ4n) is 3.78. The minimum absolute atomic E-state index is 0.00988. The van der Waals surface area contributed by atoms with Gasteiger partial charge in [-0.3, -0.25) is 0 Å². The smallest absolute Gasteiger partial charge is 0.175 e. The Kier molecular flexibility index (Phi) is 3.65. The summed E-state index contributed by atoms with van der Waals surface area (Å²) in [4.78, 5) is 0. The lowest BCUT2D eigenvalue weighted by Crippen LogP contribution is -2.65. The van der Waals surface area contributed by atoms with Gasteiger partial charge in [-0.1, -0.05) is 38.5 Å². The van der Waals surface area contributed by atoms with Gasteiger partial charge in [0.1, 0.15) is 0 Å². The maximum atomic E-state index is 2.87. The molecule has 0 aromatic rings. The van der Waals surface area contributed by atoms with E-state index < -0.39 is 0 Å². The highest BCUT2D eigenvalue weighted by molar-refractivity contribution is 6.31. The average molecular weight is 238 g/mol. The van der Waals surface area contributed by atoms with Crippen LogP contribution in [0.2, 0.25) is 0 Å². The lowest BCUT2D eigenvalue weighted by Gasteiger charge is -2.51. The summed E-state index contributed by atoms with van der Waals surface area (Å²) in [6, 6.07) is 2.00. The maximum absolute atomic E-state index is 2.87. The molecule has 0 N–H and O–H groups in total. The minimum Gasteiger partial charge on any atom is -0.302 e. The molecule has 3 fully saturated rings. The first kappa shape index (κ1) is 11.2. The molecule has 2 aliphatic carbocycles. The first-order chi connectivity index (χ1) is 7.93. The van der Waals surface area contributed by atoms with E-state index in [0.717, 1.165) is 12.1 Å². The second kappa shape index (κ2) is 5.19. The maximum Gasteiger partial charge on any atom is 0.175 e. The van der Waals surface area contributed by atoms with E-state index in [1.165, 1.54) is 70.9 Å². The van der Waals surface area contributed by atoms with Gasteiger partial charge in [0, 0.05) is 18.8 Å². The van der Waals surface area contributed by atoms with E-state index in [-0.39, 0.29) is 9.84 Å². The number of rotatable bonds is 2. The van der Waals surface area contributed by atoms with Gasteiger partial charge < -0.3 is 9.13 Å². The Morgan fingerprint density at radius 1 is 0.625 bits per heavy atom. The summed E-state index contributed by atoms with van der Waals surface area (Å²) in [5, 5.41) is 0. The summed E-state index contributed by atoms with van der Waals surface area (Å²) in [6.07, 6.45) is 15.0. The van der Waals surface area contributed by atoms with Crippen LogP contribution in [0.4, 0.5) is 0 Å². The van der Waals surface area contributed by atoms with Crippen molar-refractivity contribution in [3.63, 3.8) is 0 Å². The third kappa shape index (κ3) is 2.36. The standard InChI is InChI=1S/C13H26N2Si/c1-3-7-12(8-4-1)14-11-15(16-14)13-9-5-2-6-10-13/h12-13H,1-11,16H2. The first-order valence-corrected chi connectivity index (χ1v) is 8.68. The summed E-state index contributed by atoms with van der Waals surface area (Å²) >= 11 is 0. The van der Waals surface area contributed by atoms with Crippen LogP contribution in [0.1, 0.15) is 64.2 Å². The fourth-order valence-corrected chi connectivity index (χ4v) is 5.73. The second-order valence-electron chi connectivity index (χ2n) is 6.04. The zero-order valence-electron chi connectivity index (χ0n) is 10.5. The van der Waals surface area contributed by atoms with Crippen LogP contribution in [0, 0.1) is 0 Å². The molecule has 3 aliphatic rings. The van der Waals surface area contributed by atoms with E-state index in [9.17, 15) is 0 Å². The van der Waals surface area contributed by atoms with Crippen molar-refractivity contribution >= 4 is 9.84 Å². The molecule has 0 atom stereocenters. The molecule has 0 spiro atoms. The Hall–Kier alpha value is 0.137. The monoisotopic (exact) mass is 238 g/mol. The minimum atomic E-state index is 0.00988. The summed E-state index contributed by atoms with van der Waals surface area (Å²) in [6.45, 7) is 1.35. The van der Waals surface area contributed by atoms with E-state index >= 15 is 0 Å². The van der Waals surface area contributed by atoms with E-state index in [4.69, 9.17) is 0 Å². The van der Waals surface area contributed by atoms with Crippen LogP contribution in [0.5, 0.6) is 0 Å². The van der Waals surface area contributed by atoms with Crippen LogP contribution in [0.25, 0.3) is 0 Å². The SMILES string of the molecule is C1CCC(N2CN(C3CCCCC3)[SiH2]2)CC1. The van der Waals surface area contributed by atoms with Gasteiger partial charge in [0.15, 0.2) is 9.84 Å². The highest BCUT2D eigenvalue weighted by atomic mass is 28.2. The predicted octanol–water partition coefficient (Wildman–Crippen LogP) is 2.23. The van der Waals surface area contributed by atoms with E-state index in [1.54, 1.807) is 0 Å². The Morgan fingerprint density at radius 2 is 1.00 bits per heavy atom. The third-order valence-corrected chi connectivity index (χ3v) is 7.07. The summed E-state index contributed by atoms with van der Waals surface area (Å²) < 4.78 is 5.74. The van der Waals surface area contributed by atoms with Crippen molar-refractivity contribution in [2.24, 2.45) is 0 Å². The molecule has 2 nitrogen and oxygen atoms in total. The van der Waals surface area contributed by atoms with Gasteiger partial charge >= 0.3 is 0 Å². The van der Waals surface area contributed by atoms with E-state index in [2.05, 4.69) is 9.13 Å². The highest BCUT2D eigenvalue weighted by Gasteiger charge is 2.35. The lowest BCUT2D eigenvalue weighted by atomic mass is 9.95. The molecule has 1 aliphatic heterocycles. The van der Waals surface area contributed by atoms with E-state index in [1.807, 2.05) is 0 Å². The predicted molar refractivity (Wildman–Crippen MR) is 70.8 cm³/mol. The summed E-state index contributed by atoms with van der Waals surface area (Å²) in [5.41, 5.74) is 0. The molecule has 1 saturated heterocycles. The van der Waals surface area contributed by atoms with Crippen molar-refractivity contribution in [1.29, 1.82) is 0 Å². The van der Waals surface area contributed by atoms with Crippen LogP contribution in [-0.4, -0.2) is 37.7 Å². The van der Waals surface area contributed by atoms with Gasteiger partial charge in [-0.25, -0.2) is 0 Å². The normalized spacial score (nSPS) is 31.5. The molecule has 0 aromatic heterocycles. The fraction of sp³-hybridized carbons (Fsp3) is 1.00. The summed E-state index contributed by atoms with van der Waals surface area (Å²) in [7, 11) is 0.00988. The topological polar surface area (TPSA) is 6.48 Å². The average Bonchev–Trinajstić information content (AvgIpc) is 2.30. The molecule has 16 heavy (non-hydrogen) atoms. The zero-order chi connectivity index (χ0) is 10.8. The Morgan fingerprint density at radius 3 is 1.38 bits per heavy atom. The van der Waals surface area contributed by atoms with Crippen molar-refractivity contribution in [3.05, 3.63) is 0 Å². The van der Waals surface area contributed by atoms with Crippen LogP contribution in [-0.2, 0) is 0 Å². The van der Waals surface area contributed by atoms with E-state index in [0.29, 0.717) is 0 Å². The second-order valence-corrected chi connectivity index (χ2v) is 7.95. The molecule has 0 radical (unpaired) electrons. The number of hydrogen-bond acceptors (Lipinski definition) is 2. The number of nitrogens with zero attached hydrogens (tertiary/aromatic N) is 2.